The fourth-order valence-corrected chi connectivity index (χ4v) is 1.83. The van der Waals surface area contributed by atoms with Crippen LogP contribution in [0.3, 0.4) is 0 Å². The van der Waals surface area contributed by atoms with Gasteiger partial charge in [-0.15, -0.1) is 0 Å². The topological polar surface area (TPSA) is 28.2 Å². The molecule has 3 nitrogen and oxygen atoms in total. The minimum atomic E-state index is -4.50. The second-order valence-electron chi connectivity index (χ2n) is 4.36. The first kappa shape index (κ1) is 15.1. The average molecular weight is 299 g/mol. The molecule has 1 N–H and O–H groups in total. The van der Waals surface area contributed by atoms with E-state index in [9.17, 15) is 17.6 Å². The van der Waals surface area contributed by atoms with Crippen molar-refractivity contribution in [3.8, 4) is 0 Å². The number of para-hydroxylation sites is 1. The van der Waals surface area contributed by atoms with Crippen molar-refractivity contribution in [2.45, 2.75) is 6.18 Å². The lowest BCUT2D eigenvalue weighted by Gasteiger charge is -2.21. The molecule has 0 aliphatic carbocycles. The zero-order valence-electron chi connectivity index (χ0n) is 11.4. The van der Waals surface area contributed by atoms with Crippen molar-refractivity contribution >= 4 is 17.3 Å². The Bertz CT molecular complexity index is 640. The number of nitrogens with zero attached hydrogens (tertiary/aromatic N) is 2. The summed E-state index contributed by atoms with van der Waals surface area (Å²) in [7, 11) is 2.93. The van der Waals surface area contributed by atoms with Crippen molar-refractivity contribution in [2.24, 2.45) is 0 Å². The van der Waals surface area contributed by atoms with Crippen LogP contribution in [0, 0.1) is 5.82 Å². The normalized spacial score (nSPS) is 11.3. The van der Waals surface area contributed by atoms with E-state index in [1.807, 2.05) is 0 Å². The Hall–Kier alpha value is -2.31. The maximum atomic E-state index is 13.7. The first-order valence-electron chi connectivity index (χ1n) is 6.08. The number of hydrogen-bond acceptors (Lipinski definition) is 3. The van der Waals surface area contributed by atoms with Gasteiger partial charge in [-0.3, -0.25) is 0 Å². The zero-order valence-corrected chi connectivity index (χ0v) is 11.4. The van der Waals surface area contributed by atoms with Crippen LogP contribution in [0.25, 0.3) is 0 Å². The number of alkyl halides is 3. The zero-order chi connectivity index (χ0) is 15.6. The fourth-order valence-electron chi connectivity index (χ4n) is 1.83. The van der Waals surface area contributed by atoms with E-state index in [1.165, 1.54) is 37.2 Å². The van der Waals surface area contributed by atoms with Gasteiger partial charge in [-0.1, -0.05) is 12.1 Å². The van der Waals surface area contributed by atoms with Gasteiger partial charge in [0.2, 0.25) is 0 Å². The highest BCUT2D eigenvalue weighted by molar-refractivity contribution is 5.62. The van der Waals surface area contributed by atoms with Gasteiger partial charge in [-0.2, -0.15) is 13.2 Å². The summed E-state index contributed by atoms with van der Waals surface area (Å²) in [5.41, 5.74) is -0.702. The molecule has 0 unspecified atom stereocenters. The summed E-state index contributed by atoms with van der Waals surface area (Å²) in [5, 5.41) is 2.57. The van der Waals surface area contributed by atoms with Gasteiger partial charge in [0, 0.05) is 14.1 Å². The van der Waals surface area contributed by atoms with Crippen molar-refractivity contribution in [3.05, 3.63) is 47.8 Å². The standard InChI is InChI=1S/C14H13F4N3/c1-19-12-7-9(14(16,17)18)8-13(20-12)21(2)11-6-4-3-5-10(11)15/h3-8H,1-2H3,(H,19,20). The highest BCUT2D eigenvalue weighted by atomic mass is 19.4. The molecule has 0 radical (unpaired) electrons. The first-order valence-corrected chi connectivity index (χ1v) is 6.08. The minimum Gasteiger partial charge on any atom is -0.373 e. The Labute approximate surface area is 119 Å². The van der Waals surface area contributed by atoms with Crippen LogP contribution in [0.4, 0.5) is 34.9 Å². The van der Waals surface area contributed by atoms with Gasteiger partial charge in [-0.25, -0.2) is 9.37 Å². The lowest BCUT2D eigenvalue weighted by atomic mass is 10.2. The predicted molar refractivity (Wildman–Crippen MR) is 73.2 cm³/mol. The molecular formula is C14H13F4N3. The molecule has 0 spiro atoms. The molecule has 0 saturated carbocycles. The van der Waals surface area contributed by atoms with Gasteiger partial charge < -0.3 is 10.2 Å². The third-order valence-corrected chi connectivity index (χ3v) is 2.95. The molecule has 1 heterocycles. The van der Waals surface area contributed by atoms with E-state index < -0.39 is 17.6 Å². The number of pyridine rings is 1. The van der Waals surface area contributed by atoms with Crippen molar-refractivity contribution in [3.63, 3.8) is 0 Å². The summed E-state index contributed by atoms with van der Waals surface area (Å²) in [4.78, 5) is 5.30. The average Bonchev–Trinajstić information content (AvgIpc) is 2.45. The van der Waals surface area contributed by atoms with E-state index in [-0.39, 0.29) is 17.3 Å². The second-order valence-corrected chi connectivity index (χ2v) is 4.36. The summed E-state index contributed by atoms with van der Waals surface area (Å²) in [5.74, 6) is -0.479. The lowest BCUT2D eigenvalue weighted by Crippen LogP contribution is -2.16. The Morgan fingerprint density at radius 1 is 1.14 bits per heavy atom. The molecule has 112 valence electrons. The molecule has 0 bridgehead atoms. The van der Waals surface area contributed by atoms with E-state index in [4.69, 9.17) is 0 Å². The maximum absolute atomic E-state index is 13.7. The second kappa shape index (κ2) is 5.59. The Balaban J connectivity index is 2.51. The number of aromatic nitrogens is 1. The van der Waals surface area contributed by atoms with Crippen molar-refractivity contribution in [1.82, 2.24) is 4.98 Å². The molecule has 0 aliphatic heterocycles. The van der Waals surface area contributed by atoms with Crippen LogP contribution < -0.4 is 10.2 Å². The SMILES string of the molecule is CNc1cc(C(F)(F)F)cc(N(C)c2ccccc2F)n1. The van der Waals surface area contributed by atoms with E-state index in [0.717, 1.165) is 12.1 Å². The van der Waals surface area contributed by atoms with Gasteiger partial charge in [0.05, 0.1) is 11.3 Å². The number of hydrogen-bond donors (Lipinski definition) is 1. The van der Waals surface area contributed by atoms with Gasteiger partial charge >= 0.3 is 6.18 Å². The molecule has 0 aliphatic rings. The fraction of sp³-hybridized carbons (Fsp3) is 0.214. The van der Waals surface area contributed by atoms with E-state index in [2.05, 4.69) is 10.3 Å². The smallest absolute Gasteiger partial charge is 0.373 e. The highest BCUT2D eigenvalue weighted by Crippen LogP contribution is 2.34. The molecule has 0 atom stereocenters. The van der Waals surface area contributed by atoms with Crippen LogP contribution in [0.1, 0.15) is 5.56 Å². The van der Waals surface area contributed by atoms with Gasteiger partial charge in [0.15, 0.2) is 0 Å². The summed E-state index contributed by atoms with van der Waals surface area (Å²) in [6, 6.07) is 7.59. The van der Waals surface area contributed by atoms with Crippen LogP contribution in [0.15, 0.2) is 36.4 Å². The van der Waals surface area contributed by atoms with Crippen LogP contribution in [-0.4, -0.2) is 19.1 Å². The van der Waals surface area contributed by atoms with Crippen LogP contribution in [0.2, 0.25) is 0 Å². The molecule has 21 heavy (non-hydrogen) atoms. The van der Waals surface area contributed by atoms with Gasteiger partial charge in [0.25, 0.3) is 0 Å². The van der Waals surface area contributed by atoms with E-state index in [0.29, 0.717) is 0 Å². The molecule has 2 aromatic rings. The number of anilines is 3. The third kappa shape index (κ3) is 3.24. The van der Waals surface area contributed by atoms with Crippen LogP contribution in [0.5, 0.6) is 0 Å². The summed E-state index contributed by atoms with van der Waals surface area (Å²) in [6.45, 7) is 0. The molecule has 0 amide bonds. The van der Waals surface area contributed by atoms with Crippen molar-refractivity contribution in [1.29, 1.82) is 0 Å². The summed E-state index contributed by atoms with van der Waals surface area (Å²) in [6.07, 6.45) is -4.50. The summed E-state index contributed by atoms with van der Waals surface area (Å²) < 4.78 is 52.4. The molecule has 2 rings (SSSR count). The maximum Gasteiger partial charge on any atom is 0.416 e. The molecule has 1 aromatic heterocycles. The molecule has 0 fully saturated rings. The van der Waals surface area contributed by atoms with Crippen molar-refractivity contribution in [2.75, 3.05) is 24.3 Å². The monoisotopic (exact) mass is 299 g/mol. The van der Waals surface area contributed by atoms with Crippen LogP contribution >= 0.6 is 0 Å². The third-order valence-electron chi connectivity index (χ3n) is 2.95. The molecular weight excluding hydrogens is 286 g/mol. The van der Waals surface area contributed by atoms with Crippen LogP contribution in [-0.2, 0) is 6.18 Å². The van der Waals surface area contributed by atoms with E-state index >= 15 is 0 Å². The van der Waals surface area contributed by atoms with E-state index in [1.54, 1.807) is 6.07 Å². The number of nitrogens with one attached hydrogen (secondary N) is 1. The molecule has 0 saturated heterocycles. The molecule has 7 heteroatoms. The van der Waals surface area contributed by atoms with Gasteiger partial charge in [0.1, 0.15) is 17.5 Å². The summed E-state index contributed by atoms with van der Waals surface area (Å²) >= 11 is 0. The number of rotatable bonds is 3. The largest absolute Gasteiger partial charge is 0.416 e. The Kier molecular flexibility index (Phi) is 4.02. The Morgan fingerprint density at radius 2 is 1.81 bits per heavy atom. The lowest BCUT2D eigenvalue weighted by molar-refractivity contribution is -0.137. The number of benzene rings is 1. The number of halogens is 4. The highest BCUT2D eigenvalue weighted by Gasteiger charge is 2.32. The first-order chi connectivity index (χ1) is 9.82. The quantitative estimate of drug-likeness (QED) is 0.867. The van der Waals surface area contributed by atoms with Crippen molar-refractivity contribution < 1.29 is 17.6 Å². The van der Waals surface area contributed by atoms with Gasteiger partial charge in [-0.05, 0) is 24.3 Å². The minimum absolute atomic E-state index is 0.000671. The Morgan fingerprint density at radius 3 is 2.38 bits per heavy atom. The molecule has 1 aromatic carbocycles. The predicted octanol–water partition coefficient (Wildman–Crippen LogP) is 4.05.